The van der Waals surface area contributed by atoms with Gasteiger partial charge in [-0.15, -0.1) is 5.10 Å². The van der Waals surface area contributed by atoms with Crippen LogP contribution in [0.4, 0.5) is 10.1 Å². The molecule has 0 spiro atoms. The zero-order valence-electron chi connectivity index (χ0n) is 17.1. The molecule has 162 valence electrons. The number of amides is 2. The lowest BCUT2D eigenvalue weighted by Gasteiger charge is -2.31. The Kier molecular flexibility index (Phi) is 6.41. The number of nitrogens with zero attached hydrogens (tertiary/aromatic N) is 3. The molecule has 2 heterocycles. The minimum Gasteiger partial charge on any atom is -0.464 e. The number of hydrogen-bond acceptors (Lipinski definition) is 6. The second kappa shape index (κ2) is 9.38. The predicted octanol–water partition coefficient (Wildman–Crippen LogP) is 4.42. The number of benzene rings is 1. The Hall–Kier alpha value is -3.07. The van der Waals surface area contributed by atoms with E-state index in [-0.39, 0.29) is 17.6 Å². The highest BCUT2D eigenvalue weighted by Crippen LogP contribution is 2.31. The van der Waals surface area contributed by atoms with Gasteiger partial charge in [0.2, 0.25) is 0 Å². The van der Waals surface area contributed by atoms with Crippen molar-refractivity contribution in [2.24, 2.45) is 0 Å². The highest BCUT2D eigenvalue weighted by Gasteiger charge is 2.37. The number of hydrogen-bond donors (Lipinski definition) is 1. The van der Waals surface area contributed by atoms with E-state index in [9.17, 15) is 14.0 Å². The van der Waals surface area contributed by atoms with Crippen molar-refractivity contribution < 1.29 is 18.4 Å². The molecule has 7 nitrogen and oxygen atoms in total. The lowest BCUT2D eigenvalue weighted by atomic mass is 9.95. The zero-order valence-corrected chi connectivity index (χ0v) is 17.9. The van der Waals surface area contributed by atoms with E-state index in [4.69, 9.17) is 4.42 Å². The van der Waals surface area contributed by atoms with Gasteiger partial charge in [0.1, 0.15) is 17.3 Å². The summed E-state index contributed by atoms with van der Waals surface area (Å²) in [5.74, 6) is -0.359. The molecule has 3 aromatic rings. The molecule has 0 aliphatic heterocycles. The monoisotopic (exact) mass is 442 g/mol. The van der Waals surface area contributed by atoms with Crippen molar-refractivity contribution in [2.75, 3.05) is 4.90 Å². The van der Waals surface area contributed by atoms with Crippen molar-refractivity contribution in [3.05, 3.63) is 64.8 Å². The molecule has 2 amide bonds. The lowest BCUT2D eigenvalue weighted by molar-refractivity contribution is -0.123. The fraction of sp³-hybridized carbons (Fsp3) is 0.364. The van der Waals surface area contributed by atoms with Crippen LogP contribution in [0.5, 0.6) is 0 Å². The first-order chi connectivity index (χ1) is 15.0. The van der Waals surface area contributed by atoms with E-state index >= 15 is 0 Å². The minimum atomic E-state index is -1.07. The Balaban J connectivity index is 1.75. The summed E-state index contributed by atoms with van der Waals surface area (Å²) in [6, 6.07) is 7.82. The van der Waals surface area contributed by atoms with Crippen LogP contribution in [0.25, 0.3) is 0 Å². The SMILES string of the molecule is Cc1ccc([C@@H](C(=O)NC2CCCCC2)N(C(=O)c2csnn2)c2ccc(F)cc2)o1. The van der Waals surface area contributed by atoms with E-state index in [1.165, 1.54) is 34.5 Å². The summed E-state index contributed by atoms with van der Waals surface area (Å²) in [6.45, 7) is 1.77. The summed E-state index contributed by atoms with van der Waals surface area (Å²) in [4.78, 5) is 28.2. The van der Waals surface area contributed by atoms with Crippen LogP contribution in [0, 0.1) is 12.7 Å². The van der Waals surface area contributed by atoms with Gasteiger partial charge in [-0.1, -0.05) is 23.8 Å². The number of rotatable bonds is 6. The number of halogens is 1. The van der Waals surface area contributed by atoms with E-state index in [0.717, 1.165) is 43.6 Å². The number of furan rings is 1. The molecule has 1 aromatic carbocycles. The molecule has 1 aliphatic rings. The second-order valence-electron chi connectivity index (χ2n) is 7.64. The molecule has 1 N–H and O–H groups in total. The van der Waals surface area contributed by atoms with Gasteiger partial charge in [-0.3, -0.25) is 14.5 Å². The van der Waals surface area contributed by atoms with Gasteiger partial charge in [0.25, 0.3) is 11.8 Å². The van der Waals surface area contributed by atoms with E-state index in [2.05, 4.69) is 14.9 Å². The first kappa shape index (κ1) is 21.2. The largest absolute Gasteiger partial charge is 0.464 e. The van der Waals surface area contributed by atoms with Crippen molar-refractivity contribution in [3.8, 4) is 0 Å². The van der Waals surface area contributed by atoms with Crippen molar-refractivity contribution in [2.45, 2.75) is 51.1 Å². The standard InChI is InChI=1S/C22H23FN4O3S/c1-14-7-12-19(30-14)20(21(28)24-16-5-3-2-4-6-16)27(17-10-8-15(23)9-11-17)22(29)18-13-31-26-25-18/h7-13,16,20H,2-6H2,1H3,(H,24,28)/t20-/m0/s1. The summed E-state index contributed by atoms with van der Waals surface area (Å²) < 4.78 is 23.2. The summed E-state index contributed by atoms with van der Waals surface area (Å²) in [6.07, 6.45) is 5.07. The Bertz CT molecular complexity index is 1030. The number of carbonyl (C=O) groups is 2. The zero-order chi connectivity index (χ0) is 21.8. The normalized spacial score (nSPS) is 15.4. The van der Waals surface area contributed by atoms with E-state index < -0.39 is 17.8 Å². The molecule has 4 rings (SSSR count). The summed E-state index contributed by atoms with van der Waals surface area (Å²) in [7, 11) is 0. The van der Waals surface area contributed by atoms with Gasteiger partial charge in [0.15, 0.2) is 11.7 Å². The third-order valence-electron chi connectivity index (χ3n) is 5.39. The molecule has 0 saturated heterocycles. The van der Waals surface area contributed by atoms with Crippen molar-refractivity contribution >= 4 is 29.0 Å². The van der Waals surface area contributed by atoms with Gasteiger partial charge in [0, 0.05) is 17.1 Å². The van der Waals surface area contributed by atoms with Gasteiger partial charge in [-0.05, 0) is 67.7 Å². The molecule has 1 aliphatic carbocycles. The topological polar surface area (TPSA) is 88.3 Å². The predicted molar refractivity (Wildman–Crippen MR) is 114 cm³/mol. The Morgan fingerprint density at radius 1 is 1.16 bits per heavy atom. The minimum absolute atomic E-state index is 0.0471. The maximum Gasteiger partial charge on any atom is 0.280 e. The molecule has 31 heavy (non-hydrogen) atoms. The molecule has 1 fully saturated rings. The molecule has 0 bridgehead atoms. The quantitative estimate of drug-likeness (QED) is 0.611. The van der Waals surface area contributed by atoms with Crippen molar-refractivity contribution in [1.82, 2.24) is 14.9 Å². The van der Waals surface area contributed by atoms with Crippen LogP contribution < -0.4 is 10.2 Å². The lowest BCUT2D eigenvalue weighted by Crippen LogP contribution is -2.47. The van der Waals surface area contributed by atoms with Crippen LogP contribution in [-0.2, 0) is 4.79 Å². The third kappa shape index (κ3) is 4.82. The smallest absolute Gasteiger partial charge is 0.280 e. The maximum absolute atomic E-state index is 13.6. The van der Waals surface area contributed by atoms with Crippen LogP contribution >= 0.6 is 11.5 Å². The molecule has 0 unspecified atom stereocenters. The van der Waals surface area contributed by atoms with Crippen LogP contribution in [0.15, 0.2) is 46.2 Å². The Morgan fingerprint density at radius 2 is 1.90 bits per heavy atom. The fourth-order valence-electron chi connectivity index (χ4n) is 3.87. The number of aromatic nitrogens is 2. The van der Waals surface area contributed by atoms with Gasteiger partial charge >= 0.3 is 0 Å². The van der Waals surface area contributed by atoms with Crippen LogP contribution in [0.3, 0.4) is 0 Å². The molecule has 2 aromatic heterocycles. The number of carbonyl (C=O) groups excluding carboxylic acids is 2. The van der Waals surface area contributed by atoms with Gasteiger partial charge in [-0.25, -0.2) is 4.39 Å². The molecule has 1 atom stereocenters. The maximum atomic E-state index is 13.6. The van der Waals surface area contributed by atoms with Crippen LogP contribution in [-0.4, -0.2) is 27.4 Å². The molecular formula is C22H23FN4O3S. The highest BCUT2D eigenvalue weighted by atomic mass is 32.1. The van der Waals surface area contributed by atoms with Crippen molar-refractivity contribution in [1.29, 1.82) is 0 Å². The second-order valence-corrected chi connectivity index (χ2v) is 8.25. The molecule has 1 saturated carbocycles. The molecule has 9 heteroatoms. The number of anilines is 1. The van der Waals surface area contributed by atoms with Gasteiger partial charge in [-0.2, -0.15) is 0 Å². The first-order valence-electron chi connectivity index (χ1n) is 10.3. The van der Waals surface area contributed by atoms with Gasteiger partial charge < -0.3 is 9.73 Å². The van der Waals surface area contributed by atoms with E-state index in [1.54, 1.807) is 19.1 Å². The van der Waals surface area contributed by atoms with Crippen molar-refractivity contribution in [3.63, 3.8) is 0 Å². The number of aryl methyl sites for hydroxylation is 1. The summed E-state index contributed by atoms with van der Waals surface area (Å²) >= 11 is 1.04. The number of nitrogens with one attached hydrogen (secondary N) is 1. The Morgan fingerprint density at radius 3 is 2.52 bits per heavy atom. The fourth-order valence-corrected chi connectivity index (χ4v) is 4.30. The van der Waals surface area contributed by atoms with Crippen LogP contribution in [0.2, 0.25) is 0 Å². The first-order valence-corrected chi connectivity index (χ1v) is 11.1. The molecule has 0 radical (unpaired) electrons. The Labute approximate surface area is 183 Å². The summed E-state index contributed by atoms with van der Waals surface area (Å²) in [5, 5.41) is 8.48. The van der Waals surface area contributed by atoms with E-state index in [0.29, 0.717) is 17.2 Å². The van der Waals surface area contributed by atoms with Crippen LogP contribution in [0.1, 0.15) is 60.2 Å². The average Bonchev–Trinajstić information content (AvgIpc) is 3.45. The molecular weight excluding hydrogens is 419 g/mol. The van der Waals surface area contributed by atoms with E-state index in [1.807, 2.05) is 0 Å². The highest BCUT2D eigenvalue weighted by molar-refractivity contribution is 7.03. The van der Waals surface area contributed by atoms with Gasteiger partial charge in [0.05, 0.1) is 0 Å². The third-order valence-corrected chi connectivity index (χ3v) is 5.90. The average molecular weight is 443 g/mol. The summed E-state index contributed by atoms with van der Waals surface area (Å²) in [5.41, 5.74) is 0.463.